The van der Waals surface area contributed by atoms with Crippen LogP contribution in [0, 0.1) is 0 Å². The highest BCUT2D eigenvalue weighted by atomic mass is 32.1. The molecule has 3 aromatic rings. The molecule has 0 radical (unpaired) electrons. The molecule has 0 spiro atoms. The van der Waals surface area contributed by atoms with E-state index in [1.165, 1.54) is 0 Å². The van der Waals surface area contributed by atoms with Gasteiger partial charge in [-0.15, -0.1) is 11.3 Å². The smallest absolute Gasteiger partial charge is 0.142 e. The van der Waals surface area contributed by atoms with Crippen molar-refractivity contribution in [1.29, 1.82) is 0 Å². The number of hydrogen-bond donors (Lipinski definition) is 1. The molecule has 0 unspecified atom stereocenters. The summed E-state index contributed by atoms with van der Waals surface area (Å²) in [6, 6.07) is 9.53. The number of hydrogen-bond acceptors (Lipinski definition) is 5. The fourth-order valence-corrected chi connectivity index (χ4v) is 3.19. The van der Waals surface area contributed by atoms with Crippen molar-refractivity contribution in [3.05, 3.63) is 70.2 Å². The molecule has 0 bridgehead atoms. The van der Waals surface area contributed by atoms with Crippen LogP contribution in [0.4, 0.5) is 0 Å². The van der Waals surface area contributed by atoms with Crippen molar-refractivity contribution in [3.63, 3.8) is 0 Å². The van der Waals surface area contributed by atoms with Gasteiger partial charge in [0.1, 0.15) is 23.0 Å². The maximum absolute atomic E-state index is 10.5. The van der Waals surface area contributed by atoms with Gasteiger partial charge in [0, 0.05) is 24.9 Å². The third-order valence-electron chi connectivity index (χ3n) is 3.71. The van der Waals surface area contributed by atoms with Gasteiger partial charge < -0.3 is 14.4 Å². The van der Waals surface area contributed by atoms with Gasteiger partial charge in [0.25, 0.3) is 0 Å². The molecular formula is C17H19N3O2S. The van der Waals surface area contributed by atoms with Crippen LogP contribution in [-0.2, 0) is 11.3 Å². The highest BCUT2D eigenvalue weighted by Gasteiger charge is 2.17. The van der Waals surface area contributed by atoms with Crippen molar-refractivity contribution in [2.24, 2.45) is 0 Å². The molecule has 0 aliphatic rings. The van der Waals surface area contributed by atoms with Crippen LogP contribution in [0.3, 0.4) is 0 Å². The van der Waals surface area contributed by atoms with E-state index >= 15 is 0 Å². The van der Waals surface area contributed by atoms with E-state index in [2.05, 4.69) is 9.97 Å². The summed E-state index contributed by atoms with van der Waals surface area (Å²) < 4.78 is 7.22. The first kappa shape index (κ1) is 15.9. The summed E-state index contributed by atoms with van der Waals surface area (Å²) in [4.78, 5) is 8.90. The highest BCUT2D eigenvalue weighted by molar-refractivity contribution is 7.09. The number of rotatable bonds is 6. The van der Waals surface area contributed by atoms with Crippen LogP contribution in [-0.4, -0.2) is 26.8 Å². The van der Waals surface area contributed by atoms with E-state index < -0.39 is 6.10 Å². The van der Waals surface area contributed by atoms with Crippen LogP contribution >= 0.6 is 11.3 Å². The number of benzene rings is 1. The Morgan fingerprint density at radius 3 is 2.83 bits per heavy atom. The average molecular weight is 329 g/mol. The Kier molecular flexibility index (Phi) is 4.85. The topological polar surface area (TPSA) is 60.2 Å². The summed E-state index contributed by atoms with van der Waals surface area (Å²) in [6.45, 7) is 2.55. The Labute approximate surface area is 139 Å². The van der Waals surface area contributed by atoms with Crippen LogP contribution < -0.4 is 0 Å². The molecule has 3 rings (SSSR count). The predicted molar refractivity (Wildman–Crippen MR) is 89.4 cm³/mol. The SMILES string of the molecule is CO[C@@H](C)c1nc(Cn2ccnc2[C@H](O)c2ccccc2)cs1. The number of aliphatic hydroxyl groups excluding tert-OH is 1. The number of aromatic nitrogens is 3. The van der Waals surface area contributed by atoms with Crippen molar-refractivity contribution >= 4 is 11.3 Å². The quantitative estimate of drug-likeness (QED) is 0.754. The van der Waals surface area contributed by atoms with Gasteiger partial charge in [0.2, 0.25) is 0 Å². The van der Waals surface area contributed by atoms with Gasteiger partial charge >= 0.3 is 0 Å². The molecule has 0 saturated heterocycles. The number of nitrogens with zero attached hydrogens (tertiary/aromatic N) is 3. The molecule has 2 aromatic heterocycles. The van der Waals surface area contributed by atoms with Crippen LogP contribution in [0.15, 0.2) is 48.1 Å². The predicted octanol–water partition coefficient (Wildman–Crippen LogP) is 3.18. The molecule has 2 heterocycles. The largest absolute Gasteiger partial charge is 0.380 e. The molecule has 1 N–H and O–H groups in total. The maximum Gasteiger partial charge on any atom is 0.142 e. The van der Waals surface area contributed by atoms with Crippen molar-refractivity contribution in [2.75, 3.05) is 7.11 Å². The molecule has 23 heavy (non-hydrogen) atoms. The van der Waals surface area contributed by atoms with Gasteiger partial charge in [-0.05, 0) is 12.5 Å². The number of aliphatic hydroxyl groups is 1. The molecule has 0 aliphatic heterocycles. The van der Waals surface area contributed by atoms with E-state index in [0.717, 1.165) is 16.3 Å². The molecule has 0 aliphatic carbocycles. The molecule has 5 nitrogen and oxygen atoms in total. The van der Waals surface area contributed by atoms with Gasteiger partial charge in [0.15, 0.2) is 0 Å². The van der Waals surface area contributed by atoms with E-state index in [1.807, 2.05) is 53.4 Å². The monoisotopic (exact) mass is 329 g/mol. The first-order valence-electron chi connectivity index (χ1n) is 7.40. The summed E-state index contributed by atoms with van der Waals surface area (Å²) >= 11 is 1.58. The maximum atomic E-state index is 10.5. The van der Waals surface area contributed by atoms with Gasteiger partial charge in [-0.2, -0.15) is 0 Å². The van der Waals surface area contributed by atoms with E-state index in [-0.39, 0.29) is 6.10 Å². The zero-order valence-electron chi connectivity index (χ0n) is 13.1. The van der Waals surface area contributed by atoms with Crippen LogP contribution in [0.2, 0.25) is 0 Å². The summed E-state index contributed by atoms with van der Waals surface area (Å²) in [5, 5.41) is 13.5. The standard InChI is InChI=1S/C17H19N3O2S/c1-12(22-2)17-19-14(11-23-17)10-20-9-8-18-16(20)15(21)13-6-4-3-5-7-13/h3-9,11-12,15,21H,10H2,1-2H3/t12-,15+/m0/s1. The second-order valence-electron chi connectivity index (χ2n) is 5.28. The Balaban J connectivity index is 1.80. The molecule has 120 valence electrons. The zero-order chi connectivity index (χ0) is 16.2. The molecule has 2 atom stereocenters. The first-order chi connectivity index (χ1) is 11.2. The average Bonchev–Trinajstić information content (AvgIpc) is 3.24. The third kappa shape index (κ3) is 3.50. The van der Waals surface area contributed by atoms with Crippen LogP contribution in [0.25, 0.3) is 0 Å². The fourth-order valence-electron chi connectivity index (χ4n) is 2.34. The zero-order valence-corrected chi connectivity index (χ0v) is 13.9. The van der Waals surface area contributed by atoms with E-state index in [9.17, 15) is 5.11 Å². The van der Waals surface area contributed by atoms with E-state index in [4.69, 9.17) is 4.74 Å². The van der Waals surface area contributed by atoms with Crippen LogP contribution in [0.1, 0.15) is 41.2 Å². The van der Waals surface area contributed by atoms with E-state index in [0.29, 0.717) is 12.4 Å². The van der Waals surface area contributed by atoms with Crippen molar-refractivity contribution in [2.45, 2.75) is 25.7 Å². The summed E-state index contributed by atoms with van der Waals surface area (Å²) in [5.41, 5.74) is 1.76. The number of thiazole rings is 1. The van der Waals surface area contributed by atoms with Crippen molar-refractivity contribution in [1.82, 2.24) is 14.5 Å². The minimum Gasteiger partial charge on any atom is -0.380 e. The summed E-state index contributed by atoms with van der Waals surface area (Å²) in [6.07, 6.45) is 2.81. The summed E-state index contributed by atoms with van der Waals surface area (Å²) in [7, 11) is 1.68. The second-order valence-corrected chi connectivity index (χ2v) is 6.17. The van der Waals surface area contributed by atoms with Crippen molar-refractivity contribution < 1.29 is 9.84 Å². The first-order valence-corrected chi connectivity index (χ1v) is 8.28. The number of ether oxygens (including phenoxy) is 1. The highest BCUT2D eigenvalue weighted by Crippen LogP contribution is 2.23. The Hall–Kier alpha value is -2.02. The third-order valence-corrected chi connectivity index (χ3v) is 4.77. The lowest BCUT2D eigenvalue weighted by Gasteiger charge is -2.13. The van der Waals surface area contributed by atoms with E-state index in [1.54, 1.807) is 24.6 Å². The molecule has 0 saturated carbocycles. The lowest BCUT2D eigenvalue weighted by atomic mass is 10.1. The molecule has 0 fully saturated rings. The normalized spacial score (nSPS) is 13.9. The van der Waals surface area contributed by atoms with Gasteiger partial charge in [-0.25, -0.2) is 9.97 Å². The van der Waals surface area contributed by atoms with Gasteiger partial charge in [-0.3, -0.25) is 0 Å². The van der Waals surface area contributed by atoms with Gasteiger partial charge in [-0.1, -0.05) is 30.3 Å². The number of methoxy groups -OCH3 is 1. The second kappa shape index (κ2) is 7.04. The minimum atomic E-state index is -0.748. The lowest BCUT2D eigenvalue weighted by molar-refractivity contribution is 0.119. The Morgan fingerprint density at radius 2 is 2.09 bits per heavy atom. The Morgan fingerprint density at radius 1 is 1.30 bits per heavy atom. The van der Waals surface area contributed by atoms with Gasteiger partial charge in [0.05, 0.1) is 12.2 Å². The molecule has 0 amide bonds. The lowest BCUT2D eigenvalue weighted by Crippen LogP contribution is -2.11. The fraction of sp³-hybridized carbons (Fsp3) is 0.294. The molecule has 6 heteroatoms. The summed E-state index contributed by atoms with van der Waals surface area (Å²) in [5.74, 6) is 0.616. The minimum absolute atomic E-state index is 0.00841. The molecular weight excluding hydrogens is 310 g/mol. The van der Waals surface area contributed by atoms with Crippen LogP contribution in [0.5, 0.6) is 0 Å². The molecule has 1 aromatic carbocycles. The van der Waals surface area contributed by atoms with Crippen molar-refractivity contribution in [3.8, 4) is 0 Å². The Bertz CT molecular complexity index is 754. The number of imidazole rings is 1.